The zero-order valence-electron chi connectivity index (χ0n) is 12.1. The van der Waals surface area contributed by atoms with E-state index in [1.54, 1.807) is 13.4 Å². The number of methoxy groups -OCH3 is 1. The third-order valence-electron chi connectivity index (χ3n) is 3.44. The first-order valence-electron chi connectivity index (χ1n) is 6.72. The number of ether oxygens (including phenoxy) is 1. The first-order chi connectivity index (χ1) is 10.2. The molecule has 2 aromatic carbocycles. The van der Waals surface area contributed by atoms with Crippen LogP contribution in [-0.4, -0.2) is 16.7 Å². The zero-order chi connectivity index (χ0) is 14.8. The molecule has 0 atom stereocenters. The lowest BCUT2D eigenvalue weighted by atomic mass is 10.1. The summed E-state index contributed by atoms with van der Waals surface area (Å²) < 4.78 is 7.22. The van der Waals surface area contributed by atoms with Crippen LogP contribution in [-0.2, 0) is 0 Å². The van der Waals surface area contributed by atoms with E-state index in [4.69, 9.17) is 10.5 Å². The molecule has 4 nitrogen and oxygen atoms in total. The van der Waals surface area contributed by atoms with Gasteiger partial charge >= 0.3 is 0 Å². The van der Waals surface area contributed by atoms with Crippen LogP contribution in [0.3, 0.4) is 0 Å². The Bertz CT molecular complexity index is 777. The summed E-state index contributed by atoms with van der Waals surface area (Å²) >= 11 is 0. The maximum absolute atomic E-state index is 5.99. The van der Waals surface area contributed by atoms with E-state index in [0.29, 0.717) is 11.4 Å². The molecule has 0 aliphatic carbocycles. The van der Waals surface area contributed by atoms with Crippen molar-refractivity contribution in [3.8, 4) is 22.7 Å². The topological polar surface area (TPSA) is 53.1 Å². The van der Waals surface area contributed by atoms with Gasteiger partial charge in [-0.05, 0) is 31.2 Å². The molecule has 3 rings (SSSR count). The number of imidazole rings is 1. The van der Waals surface area contributed by atoms with Gasteiger partial charge in [0.2, 0.25) is 0 Å². The average molecular weight is 279 g/mol. The second kappa shape index (κ2) is 5.32. The number of nitrogens with two attached hydrogens (primary N) is 1. The molecule has 3 aromatic rings. The van der Waals surface area contributed by atoms with Crippen LogP contribution in [0.2, 0.25) is 0 Å². The molecule has 0 fully saturated rings. The van der Waals surface area contributed by atoms with Gasteiger partial charge in [-0.25, -0.2) is 4.98 Å². The van der Waals surface area contributed by atoms with Crippen LogP contribution in [0.4, 0.5) is 5.69 Å². The SMILES string of the molecule is COc1ccc(-n2cncc2-c2cccc(C)c2)cc1N. The molecule has 1 heterocycles. The highest BCUT2D eigenvalue weighted by Crippen LogP contribution is 2.28. The van der Waals surface area contributed by atoms with Crippen molar-refractivity contribution in [3.05, 3.63) is 60.6 Å². The lowest BCUT2D eigenvalue weighted by Gasteiger charge is -2.11. The molecule has 0 bridgehead atoms. The molecule has 1 aromatic heterocycles. The quantitative estimate of drug-likeness (QED) is 0.747. The lowest BCUT2D eigenvalue weighted by molar-refractivity contribution is 0.417. The number of hydrogen-bond acceptors (Lipinski definition) is 3. The fourth-order valence-electron chi connectivity index (χ4n) is 2.39. The highest BCUT2D eigenvalue weighted by atomic mass is 16.5. The van der Waals surface area contributed by atoms with Gasteiger partial charge in [0.05, 0.1) is 31.0 Å². The Morgan fingerprint density at radius 2 is 2.00 bits per heavy atom. The van der Waals surface area contributed by atoms with Crippen LogP contribution in [0.25, 0.3) is 16.9 Å². The van der Waals surface area contributed by atoms with Crippen molar-refractivity contribution < 1.29 is 4.74 Å². The van der Waals surface area contributed by atoms with Gasteiger partial charge in [-0.1, -0.05) is 23.8 Å². The van der Waals surface area contributed by atoms with Gasteiger partial charge in [-0.2, -0.15) is 0 Å². The summed E-state index contributed by atoms with van der Waals surface area (Å²) in [7, 11) is 1.61. The smallest absolute Gasteiger partial charge is 0.141 e. The van der Waals surface area contributed by atoms with Crippen molar-refractivity contribution in [1.82, 2.24) is 9.55 Å². The summed E-state index contributed by atoms with van der Waals surface area (Å²) in [5, 5.41) is 0. The number of anilines is 1. The van der Waals surface area contributed by atoms with E-state index in [2.05, 4.69) is 30.1 Å². The Hall–Kier alpha value is -2.75. The fraction of sp³-hybridized carbons (Fsp3) is 0.118. The van der Waals surface area contributed by atoms with E-state index >= 15 is 0 Å². The van der Waals surface area contributed by atoms with Crippen LogP contribution >= 0.6 is 0 Å². The summed E-state index contributed by atoms with van der Waals surface area (Å²) in [5.41, 5.74) is 10.9. The Morgan fingerprint density at radius 1 is 1.14 bits per heavy atom. The number of nitrogen functional groups attached to an aromatic ring is 1. The fourth-order valence-corrected chi connectivity index (χ4v) is 2.39. The minimum atomic E-state index is 0.610. The van der Waals surface area contributed by atoms with Crippen LogP contribution < -0.4 is 10.5 Å². The largest absolute Gasteiger partial charge is 0.495 e. The van der Waals surface area contributed by atoms with E-state index < -0.39 is 0 Å². The van der Waals surface area contributed by atoms with Crippen molar-refractivity contribution in [2.24, 2.45) is 0 Å². The first-order valence-corrected chi connectivity index (χ1v) is 6.72. The molecule has 4 heteroatoms. The minimum Gasteiger partial charge on any atom is -0.495 e. The minimum absolute atomic E-state index is 0.610. The maximum atomic E-state index is 5.99. The summed E-state index contributed by atoms with van der Waals surface area (Å²) in [6, 6.07) is 14.1. The van der Waals surface area contributed by atoms with Gasteiger partial charge in [0, 0.05) is 11.3 Å². The molecule has 0 amide bonds. The molecule has 21 heavy (non-hydrogen) atoms. The van der Waals surface area contributed by atoms with Crippen molar-refractivity contribution in [2.75, 3.05) is 12.8 Å². The Morgan fingerprint density at radius 3 is 2.71 bits per heavy atom. The third-order valence-corrected chi connectivity index (χ3v) is 3.44. The monoisotopic (exact) mass is 279 g/mol. The van der Waals surface area contributed by atoms with E-state index in [9.17, 15) is 0 Å². The molecule has 0 spiro atoms. The first kappa shape index (κ1) is 13.2. The molecule has 0 saturated carbocycles. The van der Waals surface area contributed by atoms with Gasteiger partial charge < -0.3 is 10.5 Å². The van der Waals surface area contributed by atoms with Gasteiger partial charge in [0.15, 0.2) is 0 Å². The number of aryl methyl sites for hydroxylation is 1. The van der Waals surface area contributed by atoms with E-state index in [1.165, 1.54) is 5.56 Å². The molecule has 0 radical (unpaired) electrons. The van der Waals surface area contributed by atoms with Crippen LogP contribution in [0.15, 0.2) is 55.0 Å². The molecule has 0 saturated heterocycles. The van der Waals surface area contributed by atoms with Crippen molar-refractivity contribution in [2.45, 2.75) is 6.92 Å². The normalized spacial score (nSPS) is 10.6. The van der Waals surface area contributed by atoms with Gasteiger partial charge in [0.25, 0.3) is 0 Å². The maximum Gasteiger partial charge on any atom is 0.141 e. The zero-order valence-corrected chi connectivity index (χ0v) is 12.1. The lowest BCUT2D eigenvalue weighted by Crippen LogP contribution is -1.98. The van der Waals surface area contributed by atoms with Crippen LogP contribution in [0, 0.1) is 6.92 Å². The number of aromatic nitrogens is 2. The van der Waals surface area contributed by atoms with Crippen LogP contribution in [0.1, 0.15) is 5.56 Å². The third kappa shape index (κ3) is 2.48. The van der Waals surface area contributed by atoms with Crippen molar-refractivity contribution >= 4 is 5.69 Å². The van der Waals surface area contributed by atoms with Crippen molar-refractivity contribution in [1.29, 1.82) is 0 Å². The van der Waals surface area contributed by atoms with Crippen molar-refractivity contribution in [3.63, 3.8) is 0 Å². The molecule has 0 aliphatic heterocycles. The number of nitrogens with zero attached hydrogens (tertiary/aromatic N) is 2. The van der Waals surface area contributed by atoms with Gasteiger partial charge in [-0.3, -0.25) is 4.57 Å². The molecular weight excluding hydrogens is 262 g/mol. The van der Waals surface area contributed by atoms with E-state index in [-0.39, 0.29) is 0 Å². The standard InChI is InChI=1S/C17H17N3O/c1-12-4-3-5-13(8-12)16-10-19-11-20(16)14-6-7-17(21-2)15(18)9-14/h3-11H,18H2,1-2H3. The predicted molar refractivity (Wildman–Crippen MR) is 84.7 cm³/mol. The molecule has 0 aliphatic rings. The highest BCUT2D eigenvalue weighted by Gasteiger charge is 2.09. The molecule has 0 unspecified atom stereocenters. The molecular formula is C17H17N3O. The van der Waals surface area contributed by atoms with Crippen LogP contribution in [0.5, 0.6) is 5.75 Å². The van der Waals surface area contributed by atoms with Gasteiger partial charge in [0.1, 0.15) is 5.75 Å². The summed E-state index contributed by atoms with van der Waals surface area (Å²) in [6.07, 6.45) is 3.65. The highest BCUT2D eigenvalue weighted by molar-refractivity contribution is 5.65. The number of hydrogen-bond donors (Lipinski definition) is 1. The second-order valence-electron chi connectivity index (χ2n) is 4.94. The van der Waals surface area contributed by atoms with E-state index in [0.717, 1.165) is 16.9 Å². The summed E-state index contributed by atoms with van der Waals surface area (Å²) in [6.45, 7) is 2.08. The molecule has 2 N–H and O–H groups in total. The predicted octanol–water partition coefficient (Wildman–Crippen LogP) is 3.44. The average Bonchev–Trinajstić information content (AvgIpc) is 2.96. The van der Waals surface area contributed by atoms with E-state index in [1.807, 2.05) is 35.0 Å². The second-order valence-corrected chi connectivity index (χ2v) is 4.94. The Balaban J connectivity index is 2.09. The molecule has 106 valence electrons. The summed E-state index contributed by atoms with van der Waals surface area (Å²) in [4.78, 5) is 4.27. The Labute approximate surface area is 123 Å². The van der Waals surface area contributed by atoms with Gasteiger partial charge in [-0.15, -0.1) is 0 Å². The Kier molecular flexibility index (Phi) is 3.36. The summed E-state index contributed by atoms with van der Waals surface area (Å²) in [5.74, 6) is 0.677. The number of rotatable bonds is 3. The number of benzene rings is 2.